The van der Waals surface area contributed by atoms with Gasteiger partial charge in [-0.15, -0.1) is 0 Å². The number of nitrogens with one attached hydrogen (secondary N) is 3. The fourth-order valence-electron chi connectivity index (χ4n) is 4.31. The number of urea groups is 1. The quantitative estimate of drug-likeness (QED) is 0.718. The maximum atomic E-state index is 12.8. The molecule has 0 unspecified atom stereocenters. The minimum absolute atomic E-state index is 0.0258. The number of hydrogen-bond acceptors (Lipinski definition) is 4. The molecule has 1 saturated heterocycles. The highest BCUT2D eigenvalue weighted by Gasteiger charge is 2.25. The lowest BCUT2D eigenvalue weighted by Gasteiger charge is -2.34. The average molecular weight is 412 g/mol. The van der Waals surface area contributed by atoms with Crippen molar-refractivity contribution in [2.24, 2.45) is 0 Å². The summed E-state index contributed by atoms with van der Waals surface area (Å²) in [6.07, 6.45) is 5.43. The van der Waals surface area contributed by atoms with Gasteiger partial charge >= 0.3 is 6.03 Å². The molecule has 4 amide bonds. The van der Waals surface area contributed by atoms with Crippen molar-refractivity contribution in [1.29, 1.82) is 0 Å². The van der Waals surface area contributed by atoms with Gasteiger partial charge in [0, 0.05) is 43.1 Å². The molecule has 2 heterocycles. The van der Waals surface area contributed by atoms with E-state index in [0.29, 0.717) is 31.9 Å². The van der Waals surface area contributed by atoms with E-state index < -0.39 is 6.03 Å². The van der Waals surface area contributed by atoms with E-state index in [2.05, 4.69) is 15.6 Å². The molecule has 8 nitrogen and oxygen atoms in total. The van der Waals surface area contributed by atoms with E-state index in [1.165, 1.54) is 6.42 Å². The first kappa shape index (κ1) is 20.4. The fraction of sp³-hybridized carbons (Fsp3) is 0.500. The zero-order valence-corrected chi connectivity index (χ0v) is 17.2. The van der Waals surface area contributed by atoms with Crippen molar-refractivity contribution < 1.29 is 14.4 Å². The molecule has 1 aliphatic heterocycles. The number of para-hydroxylation sites is 1. The van der Waals surface area contributed by atoms with Gasteiger partial charge in [0.2, 0.25) is 5.91 Å². The van der Waals surface area contributed by atoms with Crippen LogP contribution < -0.4 is 10.6 Å². The highest BCUT2D eigenvalue weighted by molar-refractivity contribution is 5.98. The van der Waals surface area contributed by atoms with Crippen molar-refractivity contribution in [3.05, 3.63) is 36.0 Å². The number of aromatic nitrogens is 1. The summed E-state index contributed by atoms with van der Waals surface area (Å²) in [5, 5.41) is 6.34. The molecular weight excluding hydrogens is 382 g/mol. The summed E-state index contributed by atoms with van der Waals surface area (Å²) in [5.74, 6) is -0.333. The molecule has 2 fully saturated rings. The molecule has 1 saturated carbocycles. The molecule has 0 bridgehead atoms. The van der Waals surface area contributed by atoms with Crippen LogP contribution in [0.3, 0.4) is 0 Å². The smallest absolute Gasteiger partial charge is 0.321 e. The van der Waals surface area contributed by atoms with Crippen molar-refractivity contribution in [2.75, 3.05) is 32.7 Å². The Kier molecular flexibility index (Phi) is 6.32. The molecule has 30 heavy (non-hydrogen) atoms. The molecule has 8 heteroatoms. The van der Waals surface area contributed by atoms with Gasteiger partial charge in [0.05, 0.1) is 6.54 Å². The molecule has 0 radical (unpaired) electrons. The lowest BCUT2D eigenvalue weighted by molar-refractivity contribution is -0.121. The number of carbonyl (C=O) groups excluding carboxylic acids is 3. The first-order chi connectivity index (χ1) is 14.6. The predicted octanol–water partition coefficient (Wildman–Crippen LogP) is 2.08. The van der Waals surface area contributed by atoms with Gasteiger partial charge in [-0.3, -0.25) is 19.8 Å². The summed E-state index contributed by atoms with van der Waals surface area (Å²) in [5.41, 5.74) is 1.53. The Morgan fingerprint density at radius 1 is 1.00 bits per heavy atom. The number of amides is 4. The Labute approximate surface area is 176 Å². The van der Waals surface area contributed by atoms with Crippen LogP contribution in [0.25, 0.3) is 10.9 Å². The number of imide groups is 1. The normalized spacial score (nSPS) is 18.3. The molecule has 2 aromatic rings. The van der Waals surface area contributed by atoms with Crippen molar-refractivity contribution in [2.45, 2.75) is 38.1 Å². The SMILES string of the molecule is O=C(CN1CCN(C(=O)c2cc3ccccc3[nH]2)CC1)NC(=O)NC1CCCCC1. The molecule has 3 N–H and O–H groups in total. The van der Waals surface area contributed by atoms with Crippen molar-refractivity contribution in [1.82, 2.24) is 25.4 Å². The number of H-pyrrole nitrogens is 1. The van der Waals surface area contributed by atoms with Crippen molar-refractivity contribution >= 4 is 28.7 Å². The van der Waals surface area contributed by atoms with E-state index >= 15 is 0 Å². The third-order valence-corrected chi connectivity index (χ3v) is 5.98. The maximum absolute atomic E-state index is 12.8. The van der Waals surface area contributed by atoms with Crippen molar-refractivity contribution in [3.63, 3.8) is 0 Å². The van der Waals surface area contributed by atoms with Crippen LogP contribution in [0.5, 0.6) is 0 Å². The van der Waals surface area contributed by atoms with Crippen LogP contribution in [0.4, 0.5) is 4.79 Å². The zero-order valence-electron chi connectivity index (χ0n) is 17.2. The first-order valence-corrected chi connectivity index (χ1v) is 10.8. The Balaban J connectivity index is 1.21. The summed E-state index contributed by atoms with van der Waals surface area (Å²) in [7, 11) is 0. The van der Waals surface area contributed by atoms with Gasteiger partial charge in [-0.2, -0.15) is 0 Å². The number of carbonyl (C=O) groups is 3. The number of aromatic amines is 1. The number of benzene rings is 1. The van der Waals surface area contributed by atoms with Gasteiger partial charge < -0.3 is 15.2 Å². The first-order valence-electron chi connectivity index (χ1n) is 10.8. The van der Waals surface area contributed by atoms with E-state index in [1.54, 1.807) is 4.90 Å². The van der Waals surface area contributed by atoms with Gasteiger partial charge in [-0.1, -0.05) is 37.5 Å². The highest BCUT2D eigenvalue weighted by Crippen LogP contribution is 2.18. The van der Waals surface area contributed by atoms with Crippen LogP contribution in [-0.2, 0) is 4.79 Å². The minimum atomic E-state index is -0.403. The Morgan fingerprint density at radius 2 is 1.73 bits per heavy atom. The number of hydrogen-bond donors (Lipinski definition) is 3. The molecule has 1 aromatic heterocycles. The predicted molar refractivity (Wildman–Crippen MR) is 114 cm³/mol. The van der Waals surface area contributed by atoms with E-state index in [9.17, 15) is 14.4 Å². The topological polar surface area (TPSA) is 97.5 Å². The molecule has 1 aromatic carbocycles. The summed E-state index contributed by atoms with van der Waals surface area (Å²) in [4.78, 5) is 43.9. The molecule has 0 spiro atoms. The lowest BCUT2D eigenvalue weighted by Crippen LogP contribution is -2.53. The van der Waals surface area contributed by atoms with Gasteiger partial charge in [0.1, 0.15) is 5.69 Å². The number of nitrogens with zero attached hydrogens (tertiary/aromatic N) is 2. The summed E-state index contributed by atoms with van der Waals surface area (Å²) >= 11 is 0. The van der Waals surface area contributed by atoms with Crippen LogP contribution >= 0.6 is 0 Å². The number of fused-ring (bicyclic) bond motifs is 1. The monoisotopic (exact) mass is 411 g/mol. The maximum Gasteiger partial charge on any atom is 0.321 e. The largest absolute Gasteiger partial charge is 0.351 e. The standard InChI is InChI=1S/C22H29N5O3/c28-20(25-22(30)23-17-7-2-1-3-8-17)15-26-10-12-27(13-11-26)21(29)19-14-16-6-4-5-9-18(16)24-19/h4-6,9,14,17,24H,1-3,7-8,10-13,15H2,(H2,23,25,28,30). The van der Waals surface area contributed by atoms with Gasteiger partial charge in [-0.05, 0) is 25.0 Å². The lowest BCUT2D eigenvalue weighted by atomic mass is 9.96. The van der Waals surface area contributed by atoms with Gasteiger partial charge in [-0.25, -0.2) is 4.79 Å². The highest BCUT2D eigenvalue weighted by atomic mass is 16.2. The number of piperazine rings is 1. The van der Waals surface area contributed by atoms with Gasteiger partial charge in [0.15, 0.2) is 0 Å². The third kappa shape index (κ3) is 4.99. The third-order valence-electron chi connectivity index (χ3n) is 5.98. The van der Waals surface area contributed by atoms with Crippen LogP contribution in [0, 0.1) is 0 Å². The molecule has 1 aliphatic carbocycles. The van der Waals surface area contributed by atoms with Crippen LogP contribution in [0.2, 0.25) is 0 Å². The van der Waals surface area contributed by atoms with E-state index in [-0.39, 0.29) is 24.4 Å². The Hall–Kier alpha value is -2.87. The minimum Gasteiger partial charge on any atom is -0.351 e. The van der Waals surface area contributed by atoms with E-state index in [1.807, 2.05) is 35.2 Å². The van der Waals surface area contributed by atoms with Crippen LogP contribution in [0.1, 0.15) is 42.6 Å². The molecular formula is C22H29N5O3. The summed E-state index contributed by atoms with van der Waals surface area (Å²) in [6.45, 7) is 2.46. The second kappa shape index (κ2) is 9.30. The molecule has 160 valence electrons. The zero-order chi connectivity index (χ0) is 20.9. The number of rotatable bonds is 4. The molecule has 4 rings (SSSR count). The Morgan fingerprint density at radius 3 is 2.47 bits per heavy atom. The Bertz CT molecular complexity index is 877. The summed E-state index contributed by atoms with van der Waals surface area (Å²) in [6, 6.07) is 9.46. The average Bonchev–Trinajstić information content (AvgIpc) is 3.18. The fourth-order valence-corrected chi connectivity index (χ4v) is 4.31. The van der Waals surface area contributed by atoms with Crippen LogP contribution in [-0.4, -0.2) is 71.4 Å². The second-order valence-corrected chi connectivity index (χ2v) is 8.20. The van der Waals surface area contributed by atoms with E-state index in [0.717, 1.165) is 36.6 Å². The van der Waals surface area contributed by atoms with Gasteiger partial charge in [0.25, 0.3) is 5.91 Å². The van der Waals surface area contributed by atoms with E-state index in [4.69, 9.17) is 0 Å². The summed E-state index contributed by atoms with van der Waals surface area (Å²) < 4.78 is 0. The molecule has 2 aliphatic rings. The van der Waals surface area contributed by atoms with Crippen molar-refractivity contribution in [3.8, 4) is 0 Å². The molecule has 0 atom stereocenters. The second-order valence-electron chi connectivity index (χ2n) is 8.20. The van der Waals surface area contributed by atoms with Crippen LogP contribution in [0.15, 0.2) is 30.3 Å².